The Morgan fingerprint density at radius 2 is 1.40 bits per heavy atom. The van der Waals surface area contributed by atoms with Crippen LogP contribution in [0, 0.1) is 5.41 Å². The van der Waals surface area contributed by atoms with E-state index in [4.69, 9.17) is 10.1 Å². The molecule has 0 unspecified atom stereocenters. The van der Waals surface area contributed by atoms with Crippen LogP contribution >= 0.6 is 0 Å². The van der Waals surface area contributed by atoms with Crippen molar-refractivity contribution in [3.05, 3.63) is 83.6 Å². The zero-order valence-electron chi connectivity index (χ0n) is 11.3. The molecule has 0 saturated heterocycles. The van der Waals surface area contributed by atoms with Crippen molar-refractivity contribution in [2.45, 2.75) is 12.3 Å². The van der Waals surface area contributed by atoms with Crippen LogP contribution in [-0.2, 0) is 4.74 Å². The molecule has 0 aromatic heterocycles. The summed E-state index contributed by atoms with van der Waals surface area (Å²) in [5.74, 6) is 0.941. The third-order valence-corrected chi connectivity index (χ3v) is 3.51. The van der Waals surface area contributed by atoms with Gasteiger partial charge in [0.1, 0.15) is 5.76 Å². The number of ether oxygens (including phenoxy) is 1. The number of allylic oxidation sites excluding steroid dienone is 2. The Kier molecular flexibility index (Phi) is 3.64. The van der Waals surface area contributed by atoms with Crippen molar-refractivity contribution in [1.29, 1.82) is 5.41 Å². The summed E-state index contributed by atoms with van der Waals surface area (Å²) in [6.45, 7) is 0.598. The van der Waals surface area contributed by atoms with Crippen LogP contribution in [0.15, 0.2) is 72.5 Å². The van der Waals surface area contributed by atoms with E-state index >= 15 is 0 Å². The van der Waals surface area contributed by atoms with E-state index in [0.29, 0.717) is 18.7 Å². The maximum Gasteiger partial charge on any atom is 0.110 e. The number of nitrogens with one attached hydrogen (secondary N) is 1. The van der Waals surface area contributed by atoms with Crippen LogP contribution in [-0.4, -0.2) is 12.3 Å². The molecule has 0 amide bonds. The SMILES string of the molecule is N=C1C=C(C(c2ccccc2)c2ccccc2)OCC1. The largest absolute Gasteiger partial charge is 0.496 e. The summed E-state index contributed by atoms with van der Waals surface area (Å²) in [5.41, 5.74) is 3.03. The fraction of sp³-hybridized carbons (Fsp3) is 0.167. The molecule has 0 fully saturated rings. The van der Waals surface area contributed by atoms with Crippen LogP contribution in [0.2, 0.25) is 0 Å². The van der Waals surface area contributed by atoms with E-state index in [1.54, 1.807) is 0 Å². The van der Waals surface area contributed by atoms with Gasteiger partial charge in [0.25, 0.3) is 0 Å². The maximum absolute atomic E-state index is 7.88. The number of benzene rings is 2. The Morgan fingerprint density at radius 3 is 1.90 bits per heavy atom. The average molecular weight is 263 g/mol. The maximum atomic E-state index is 7.88. The lowest BCUT2D eigenvalue weighted by Gasteiger charge is -2.25. The molecule has 0 bridgehead atoms. The fourth-order valence-corrected chi connectivity index (χ4v) is 2.54. The summed E-state index contributed by atoms with van der Waals surface area (Å²) in [7, 11) is 0. The first-order valence-electron chi connectivity index (χ1n) is 6.86. The molecule has 2 heteroatoms. The van der Waals surface area contributed by atoms with Gasteiger partial charge in [-0.3, -0.25) is 0 Å². The van der Waals surface area contributed by atoms with Crippen LogP contribution in [0.4, 0.5) is 0 Å². The highest BCUT2D eigenvalue weighted by atomic mass is 16.5. The Balaban J connectivity index is 2.07. The van der Waals surface area contributed by atoms with Crippen molar-refractivity contribution in [1.82, 2.24) is 0 Å². The minimum atomic E-state index is 0.0676. The molecular formula is C18H17NO. The molecule has 2 aromatic carbocycles. The van der Waals surface area contributed by atoms with E-state index in [-0.39, 0.29) is 5.92 Å². The van der Waals surface area contributed by atoms with Gasteiger partial charge in [-0.05, 0) is 17.2 Å². The van der Waals surface area contributed by atoms with Gasteiger partial charge in [0.05, 0.1) is 12.5 Å². The first-order chi connectivity index (χ1) is 9.84. The first-order valence-corrected chi connectivity index (χ1v) is 6.86. The third-order valence-electron chi connectivity index (χ3n) is 3.51. The molecule has 2 nitrogen and oxygen atoms in total. The second kappa shape index (κ2) is 5.74. The van der Waals surface area contributed by atoms with Gasteiger partial charge in [-0.25, -0.2) is 0 Å². The average Bonchev–Trinajstić information content (AvgIpc) is 2.50. The molecule has 1 heterocycles. The van der Waals surface area contributed by atoms with E-state index in [1.807, 2.05) is 42.5 Å². The summed E-state index contributed by atoms with van der Waals surface area (Å²) >= 11 is 0. The van der Waals surface area contributed by atoms with E-state index < -0.39 is 0 Å². The minimum Gasteiger partial charge on any atom is -0.496 e. The zero-order valence-corrected chi connectivity index (χ0v) is 11.3. The highest BCUT2D eigenvalue weighted by Crippen LogP contribution is 2.33. The number of hydrogen-bond donors (Lipinski definition) is 1. The second-order valence-electron chi connectivity index (χ2n) is 4.92. The standard InChI is InChI=1S/C18H17NO/c19-16-11-12-20-17(13-16)18(14-7-3-1-4-8-14)15-9-5-2-6-10-15/h1-10,13,18-19H,11-12H2. The Morgan fingerprint density at radius 1 is 0.850 bits per heavy atom. The van der Waals surface area contributed by atoms with Crippen molar-refractivity contribution >= 4 is 5.71 Å². The van der Waals surface area contributed by atoms with E-state index in [2.05, 4.69) is 24.3 Å². The first kappa shape index (κ1) is 12.7. The van der Waals surface area contributed by atoms with Gasteiger partial charge in [0, 0.05) is 12.1 Å². The predicted molar refractivity (Wildman–Crippen MR) is 81.1 cm³/mol. The summed E-state index contributed by atoms with van der Waals surface area (Å²) < 4.78 is 5.84. The molecule has 0 radical (unpaired) electrons. The van der Waals surface area contributed by atoms with Gasteiger partial charge >= 0.3 is 0 Å². The molecule has 0 spiro atoms. The van der Waals surface area contributed by atoms with E-state index in [0.717, 1.165) is 5.76 Å². The molecular weight excluding hydrogens is 246 g/mol. The topological polar surface area (TPSA) is 33.1 Å². The molecule has 20 heavy (non-hydrogen) atoms. The van der Waals surface area contributed by atoms with Crippen LogP contribution in [0.25, 0.3) is 0 Å². The summed E-state index contributed by atoms with van der Waals surface area (Å²) in [6, 6.07) is 20.6. The third kappa shape index (κ3) is 2.64. The molecule has 0 saturated carbocycles. The van der Waals surface area contributed by atoms with Gasteiger partial charge in [0.2, 0.25) is 0 Å². The van der Waals surface area contributed by atoms with E-state index in [9.17, 15) is 0 Å². The van der Waals surface area contributed by atoms with Gasteiger partial charge < -0.3 is 10.1 Å². The summed E-state index contributed by atoms with van der Waals surface area (Å²) in [5, 5.41) is 7.88. The van der Waals surface area contributed by atoms with Crippen molar-refractivity contribution in [2.75, 3.05) is 6.61 Å². The Bertz CT molecular complexity index is 577. The molecule has 1 aliphatic heterocycles. The van der Waals surface area contributed by atoms with Gasteiger partial charge in [-0.15, -0.1) is 0 Å². The van der Waals surface area contributed by atoms with Gasteiger partial charge in [0.15, 0.2) is 0 Å². The predicted octanol–water partition coefficient (Wildman–Crippen LogP) is 4.14. The molecule has 0 aliphatic carbocycles. The highest BCUT2D eigenvalue weighted by Gasteiger charge is 2.22. The molecule has 1 aliphatic rings. The van der Waals surface area contributed by atoms with Crippen molar-refractivity contribution < 1.29 is 4.74 Å². The van der Waals surface area contributed by atoms with Gasteiger partial charge in [-0.2, -0.15) is 0 Å². The second-order valence-corrected chi connectivity index (χ2v) is 4.92. The Labute approximate surface area is 119 Å². The summed E-state index contributed by atoms with van der Waals surface area (Å²) in [6.07, 6.45) is 2.56. The number of rotatable bonds is 3. The minimum absolute atomic E-state index is 0.0676. The monoisotopic (exact) mass is 263 g/mol. The zero-order chi connectivity index (χ0) is 13.8. The lowest BCUT2D eigenvalue weighted by atomic mass is 9.88. The van der Waals surface area contributed by atoms with Crippen molar-refractivity contribution in [2.24, 2.45) is 0 Å². The van der Waals surface area contributed by atoms with Crippen molar-refractivity contribution in [3.8, 4) is 0 Å². The van der Waals surface area contributed by atoms with Crippen LogP contribution < -0.4 is 0 Å². The normalized spacial score (nSPS) is 14.8. The summed E-state index contributed by atoms with van der Waals surface area (Å²) in [4.78, 5) is 0. The van der Waals surface area contributed by atoms with Crippen LogP contribution in [0.5, 0.6) is 0 Å². The van der Waals surface area contributed by atoms with Crippen LogP contribution in [0.3, 0.4) is 0 Å². The van der Waals surface area contributed by atoms with E-state index in [1.165, 1.54) is 11.1 Å². The smallest absolute Gasteiger partial charge is 0.110 e. The Hall–Kier alpha value is -2.35. The van der Waals surface area contributed by atoms with Crippen molar-refractivity contribution in [3.63, 3.8) is 0 Å². The molecule has 100 valence electrons. The lowest BCUT2D eigenvalue weighted by Crippen LogP contribution is -2.16. The molecule has 1 N–H and O–H groups in total. The number of hydrogen-bond acceptors (Lipinski definition) is 2. The van der Waals surface area contributed by atoms with Gasteiger partial charge in [-0.1, -0.05) is 60.7 Å². The highest BCUT2D eigenvalue weighted by molar-refractivity contribution is 5.93. The molecule has 3 rings (SSSR count). The van der Waals surface area contributed by atoms with Crippen LogP contribution in [0.1, 0.15) is 23.5 Å². The quantitative estimate of drug-likeness (QED) is 0.887. The molecule has 0 atom stereocenters. The molecule has 2 aromatic rings. The fourth-order valence-electron chi connectivity index (χ4n) is 2.54. The lowest BCUT2D eigenvalue weighted by molar-refractivity contribution is 0.201.